The maximum Gasteiger partial charge on any atom is 0.251 e. The second-order valence-electron chi connectivity index (χ2n) is 10.2. The highest BCUT2D eigenvalue weighted by molar-refractivity contribution is 6.00. The fraction of sp³-hybridized carbons (Fsp3) is 0.323. The van der Waals surface area contributed by atoms with Crippen molar-refractivity contribution in [3.8, 4) is 0 Å². The topological polar surface area (TPSA) is 122 Å². The minimum atomic E-state index is -0.838. The summed E-state index contributed by atoms with van der Waals surface area (Å²) in [6.07, 6.45) is 2.62. The zero-order valence-electron chi connectivity index (χ0n) is 22.7. The number of amides is 2. The van der Waals surface area contributed by atoms with E-state index in [9.17, 15) is 14.7 Å². The summed E-state index contributed by atoms with van der Waals surface area (Å²) in [6.45, 7) is 4.17. The van der Waals surface area contributed by atoms with Gasteiger partial charge in [-0.15, -0.1) is 0 Å². The molecule has 1 aromatic heterocycles. The predicted molar refractivity (Wildman–Crippen MR) is 157 cm³/mol. The van der Waals surface area contributed by atoms with Crippen molar-refractivity contribution in [2.24, 2.45) is 0 Å². The van der Waals surface area contributed by atoms with Crippen molar-refractivity contribution in [3.63, 3.8) is 0 Å². The number of anilines is 2. The number of benzene rings is 3. The van der Waals surface area contributed by atoms with E-state index in [1.165, 1.54) is 0 Å². The number of aliphatic hydroxyl groups excluding tert-OH is 1. The summed E-state index contributed by atoms with van der Waals surface area (Å²) >= 11 is 0. The molecule has 0 spiro atoms. The Bertz CT molecular complexity index is 1450. The third kappa shape index (κ3) is 6.67. The van der Waals surface area contributed by atoms with Crippen LogP contribution in [-0.4, -0.2) is 58.7 Å². The summed E-state index contributed by atoms with van der Waals surface area (Å²) in [5.74, 6) is -0.230. The van der Waals surface area contributed by atoms with Crippen LogP contribution in [-0.2, 0) is 17.8 Å². The number of aromatic amines is 1. The molecule has 1 aliphatic heterocycles. The Morgan fingerprint density at radius 1 is 1.10 bits per heavy atom. The van der Waals surface area contributed by atoms with Crippen LogP contribution in [0.15, 0.2) is 73.1 Å². The molecule has 4 aromatic rings. The molecule has 9 heteroatoms. The number of aliphatic hydroxyl groups is 1. The lowest BCUT2D eigenvalue weighted by atomic mass is 10.00. The first-order valence-corrected chi connectivity index (χ1v) is 13.8. The molecule has 3 aromatic carbocycles. The quantitative estimate of drug-likeness (QED) is 0.187. The molecule has 40 heavy (non-hydrogen) atoms. The lowest BCUT2D eigenvalue weighted by Gasteiger charge is -2.25. The fourth-order valence-electron chi connectivity index (χ4n) is 5.12. The van der Waals surface area contributed by atoms with Gasteiger partial charge in [-0.05, 0) is 61.2 Å². The van der Waals surface area contributed by atoms with Gasteiger partial charge in [0.05, 0.1) is 29.5 Å². The Balaban J connectivity index is 1.30. The van der Waals surface area contributed by atoms with Crippen molar-refractivity contribution in [2.75, 3.05) is 29.9 Å². The molecule has 0 radical (unpaired) electrons. The van der Waals surface area contributed by atoms with E-state index >= 15 is 0 Å². The number of aromatic nitrogens is 2. The number of carbonyl (C=O) groups excluding carboxylic acids is 2. The van der Waals surface area contributed by atoms with Gasteiger partial charge in [-0.3, -0.25) is 9.59 Å². The van der Waals surface area contributed by atoms with Crippen LogP contribution < -0.4 is 20.9 Å². The van der Waals surface area contributed by atoms with Gasteiger partial charge in [-0.1, -0.05) is 36.4 Å². The highest BCUT2D eigenvalue weighted by Crippen LogP contribution is 2.27. The SMILES string of the molecule is CCNc1cc(C(=O)N[C@@H](Cc2ccccc2)[C@@H](O)CNCc2ccc3[nH]cnc3c2)cc(N2CCCC2=O)c1. The first-order chi connectivity index (χ1) is 19.5. The van der Waals surface area contributed by atoms with Gasteiger partial charge >= 0.3 is 0 Å². The third-order valence-corrected chi connectivity index (χ3v) is 7.19. The van der Waals surface area contributed by atoms with E-state index in [2.05, 4.69) is 25.9 Å². The zero-order valence-corrected chi connectivity index (χ0v) is 22.7. The summed E-state index contributed by atoms with van der Waals surface area (Å²) in [5.41, 5.74) is 5.87. The number of nitrogens with zero attached hydrogens (tertiary/aromatic N) is 2. The lowest BCUT2D eigenvalue weighted by molar-refractivity contribution is -0.117. The van der Waals surface area contributed by atoms with E-state index in [0.29, 0.717) is 50.3 Å². The number of nitrogens with one attached hydrogen (secondary N) is 4. The normalized spacial score (nSPS) is 14.8. The van der Waals surface area contributed by atoms with Crippen LogP contribution in [0.4, 0.5) is 11.4 Å². The van der Waals surface area contributed by atoms with Crippen molar-refractivity contribution in [3.05, 3.63) is 89.7 Å². The fourth-order valence-corrected chi connectivity index (χ4v) is 5.12. The molecule has 0 saturated carbocycles. The smallest absolute Gasteiger partial charge is 0.251 e. The molecule has 2 atom stereocenters. The highest BCUT2D eigenvalue weighted by Gasteiger charge is 2.25. The van der Waals surface area contributed by atoms with Crippen LogP contribution in [0.25, 0.3) is 11.0 Å². The van der Waals surface area contributed by atoms with Crippen LogP contribution in [0.5, 0.6) is 0 Å². The standard InChI is InChI=1S/C31H36N6O3/c1-2-33-24-15-23(16-25(17-24)37-12-6-9-30(37)39)31(40)36-28(13-21-7-4-3-5-8-21)29(38)19-32-18-22-10-11-26-27(14-22)35-20-34-26/h3-5,7-8,10-11,14-17,20,28-29,32-33,38H,2,6,9,12-13,18-19H2,1H3,(H,34,35)(H,36,40)/t28-,29-/m0/s1. The minimum absolute atomic E-state index is 0.0647. The molecule has 0 bridgehead atoms. The maximum atomic E-state index is 13.6. The molecule has 0 aliphatic carbocycles. The van der Waals surface area contributed by atoms with Crippen LogP contribution >= 0.6 is 0 Å². The summed E-state index contributed by atoms with van der Waals surface area (Å²) in [4.78, 5) is 35.1. The molecule has 5 rings (SSSR count). The maximum absolute atomic E-state index is 13.6. The lowest BCUT2D eigenvalue weighted by Crippen LogP contribution is -2.48. The van der Waals surface area contributed by atoms with Crippen LogP contribution in [0, 0.1) is 0 Å². The van der Waals surface area contributed by atoms with Crippen molar-refractivity contribution >= 4 is 34.2 Å². The zero-order chi connectivity index (χ0) is 27.9. The summed E-state index contributed by atoms with van der Waals surface area (Å²) in [7, 11) is 0. The van der Waals surface area contributed by atoms with E-state index < -0.39 is 12.1 Å². The van der Waals surface area contributed by atoms with Crippen molar-refractivity contribution in [1.82, 2.24) is 20.6 Å². The molecule has 2 amide bonds. The second kappa shape index (κ2) is 12.8. The molecular weight excluding hydrogens is 504 g/mol. The molecule has 0 unspecified atom stereocenters. The van der Waals surface area contributed by atoms with E-state index in [1.54, 1.807) is 23.4 Å². The molecule has 208 valence electrons. The van der Waals surface area contributed by atoms with Gasteiger partial charge in [-0.25, -0.2) is 4.98 Å². The van der Waals surface area contributed by atoms with Crippen LogP contribution in [0.1, 0.15) is 41.3 Å². The summed E-state index contributed by atoms with van der Waals surface area (Å²) in [5, 5.41) is 20.9. The number of H-pyrrole nitrogens is 1. The van der Waals surface area contributed by atoms with Gasteiger partial charge in [-0.2, -0.15) is 0 Å². The van der Waals surface area contributed by atoms with Gasteiger partial charge in [0.2, 0.25) is 5.91 Å². The second-order valence-corrected chi connectivity index (χ2v) is 10.2. The Morgan fingerprint density at radius 3 is 2.73 bits per heavy atom. The van der Waals surface area contributed by atoms with Gasteiger partial charge in [0, 0.05) is 49.5 Å². The van der Waals surface area contributed by atoms with Crippen LogP contribution in [0.2, 0.25) is 0 Å². The average Bonchev–Trinajstić information content (AvgIpc) is 3.61. The summed E-state index contributed by atoms with van der Waals surface area (Å²) < 4.78 is 0. The monoisotopic (exact) mass is 540 g/mol. The predicted octanol–water partition coefficient (Wildman–Crippen LogP) is 3.61. The summed E-state index contributed by atoms with van der Waals surface area (Å²) in [6, 6.07) is 20.7. The molecule has 1 fully saturated rings. The number of rotatable bonds is 12. The molecule has 9 nitrogen and oxygen atoms in total. The van der Waals surface area contributed by atoms with Crippen molar-refractivity contribution in [2.45, 2.75) is 44.9 Å². The Kier molecular flexibility index (Phi) is 8.73. The van der Waals surface area contributed by atoms with Crippen molar-refractivity contribution < 1.29 is 14.7 Å². The number of hydrogen-bond acceptors (Lipinski definition) is 6. The van der Waals surface area contributed by atoms with Gasteiger partial charge in [0.1, 0.15) is 0 Å². The van der Waals surface area contributed by atoms with E-state index in [0.717, 1.165) is 34.3 Å². The first kappa shape index (κ1) is 27.4. The Labute approximate surface area is 234 Å². The first-order valence-electron chi connectivity index (χ1n) is 13.8. The Morgan fingerprint density at radius 2 is 1.95 bits per heavy atom. The van der Waals surface area contributed by atoms with Gasteiger partial charge < -0.3 is 30.9 Å². The minimum Gasteiger partial charge on any atom is -0.390 e. The van der Waals surface area contributed by atoms with Crippen LogP contribution in [0.3, 0.4) is 0 Å². The number of fused-ring (bicyclic) bond motifs is 1. The number of imidazole rings is 1. The van der Waals surface area contributed by atoms with E-state index in [4.69, 9.17) is 0 Å². The Hall–Kier alpha value is -4.21. The number of hydrogen-bond donors (Lipinski definition) is 5. The third-order valence-electron chi connectivity index (χ3n) is 7.19. The molecule has 1 aliphatic rings. The van der Waals surface area contributed by atoms with Crippen molar-refractivity contribution in [1.29, 1.82) is 0 Å². The van der Waals surface area contributed by atoms with E-state index in [1.807, 2.05) is 61.5 Å². The number of carbonyl (C=O) groups is 2. The molecule has 2 heterocycles. The average molecular weight is 541 g/mol. The van der Waals surface area contributed by atoms with Gasteiger partial charge in [0.15, 0.2) is 0 Å². The largest absolute Gasteiger partial charge is 0.390 e. The molecule has 5 N–H and O–H groups in total. The molecule has 1 saturated heterocycles. The molecular formula is C31H36N6O3. The van der Waals surface area contributed by atoms with E-state index in [-0.39, 0.29) is 11.8 Å². The highest BCUT2D eigenvalue weighted by atomic mass is 16.3. The van der Waals surface area contributed by atoms with Gasteiger partial charge in [0.25, 0.3) is 5.91 Å².